The predicted molar refractivity (Wildman–Crippen MR) is 72.3 cm³/mol. The molecule has 21 heavy (non-hydrogen) atoms. The van der Waals surface area contributed by atoms with E-state index in [-0.39, 0.29) is 0 Å². The van der Waals surface area contributed by atoms with Crippen LogP contribution in [0.25, 0.3) is 11.6 Å². The van der Waals surface area contributed by atoms with Crippen molar-refractivity contribution in [2.24, 2.45) is 0 Å². The summed E-state index contributed by atoms with van der Waals surface area (Å²) in [5.74, 6) is 0.536. The van der Waals surface area contributed by atoms with Crippen LogP contribution < -0.4 is 0 Å². The van der Waals surface area contributed by atoms with Gasteiger partial charge in [-0.25, -0.2) is 0 Å². The molecule has 0 aromatic carbocycles. The van der Waals surface area contributed by atoms with E-state index in [1.807, 2.05) is 11.8 Å². The van der Waals surface area contributed by atoms with E-state index in [0.29, 0.717) is 36.9 Å². The highest BCUT2D eigenvalue weighted by molar-refractivity contribution is 5.79. The van der Waals surface area contributed by atoms with Crippen molar-refractivity contribution >= 4 is 5.97 Å². The lowest BCUT2D eigenvalue weighted by Gasteiger charge is -2.32. The number of aliphatic carboxylic acids is 1. The highest BCUT2D eigenvalue weighted by Gasteiger charge is 2.46. The minimum atomic E-state index is -0.820. The van der Waals surface area contributed by atoms with Gasteiger partial charge in [-0.05, 0) is 37.9 Å². The molecule has 0 radical (unpaired) electrons. The normalized spacial score (nSPS) is 22.7. The Labute approximate surface area is 121 Å². The molecule has 1 atom stereocenters. The number of carboxylic acid groups (broad SMARTS) is 1. The van der Waals surface area contributed by atoms with E-state index in [1.54, 1.807) is 18.4 Å². The van der Waals surface area contributed by atoms with Crippen molar-refractivity contribution in [1.29, 1.82) is 0 Å². The molecule has 2 aromatic rings. The Balaban J connectivity index is 1.79. The Morgan fingerprint density at radius 3 is 3.10 bits per heavy atom. The van der Waals surface area contributed by atoms with E-state index in [2.05, 4.69) is 10.1 Å². The molecule has 112 valence electrons. The number of rotatable bonds is 5. The fourth-order valence-electron chi connectivity index (χ4n) is 2.95. The van der Waals surface area contributed by atoms with E-state index in [4.69, 9.17) is 8.94 Å². The standard InChI is InChI=1S/C14H17N3O4/c1-2-14(13(18)19)6-4-7-17(14)9-11-15-12(16-21-11)10-5-3-8-20-10/h3,5,8H,2,4,6-7,9H2,1H3,(H,18,19). The maximum absolute atomic E-state index is 11.6. The second-order valence-corrected chi connectivity index (χ2v) is 5.20. The highest BCUT2D eigenvalue weighted by atomic mass is 16.5. The van der Waals surface area contributed by atoms with Gasteiger partial charge in [-0.3, -0.25) is 9.69 Å². The Hall–Kier alpha value is -2.15. The first kappa shape index (κ1) is 13.8. The van der Waals surface area contributed by atoms with Gasteiger partial charge in [-0.2, -0.15) is 4.98 Å². The van der Waals surface area contributed by atoms with E-state index in [1.165, 1.54) is 0 Å². The van der Waals surface area contributed by atoms with Gasteiger partial charge in [-0.1, -0.05) is 12.1 Å². The second-order valence-electron chi connectivity index (χ2n) is 5.20. The Kier molecular flexibility index (Phi) is 3.50. The van der Waals surface area contributed by atoms with Crippen molar-refractivity contribution in [3.8, 4) is 11.6 Å². The van der Waals surface area contributed by atoms with Gasteiger partial charge in [0.15, 0.2) is 5.76 Å². The summed E-state index contributed by atoms with van der Waals surface area (Å²) in [7, 11) is 0. The van der Waals surface area contributed by atoms with Crippen molar-refractivity contribution in [2.45, 2.75) is 38.3 Å². The first-order valence-electron chi connectivity index (χ1n) is 7.00. The topological polar surface area (TPSA) is 92.6 Å². The van der Waals surface area contributed by atoms with Crippen LogP contribution in [0.1, 0.15) is 32.1 Å². The lowest BCUT2D eigenvalue weighted by atomic mass is 9.93. The Bertz CT molecular complexity index is 622. The summed E-state index contributed by atoms with van der Waals surface area (Å²) in [5.41, 5.74) is -0.820. The summed E-state index contributed by atoms with van der Waals surface area (Å²) in [4.78, 5) is 17.8. The molecule has 1 unspecified atom stereocenters. The van der Waals surface area contributed by atoms with Gasteiger partial charge in [0.25, 0.3) is 0 Å². The van der Waals surface area contributed by atoms with Crippen LogP contribution in [0.15, 0.2) is 27.3 Å². The molecule has 0 saturated carbocycles. The zero-order valence-corrected chi connectivity index (χ0v) is 11.8. The quantitative estimate of drug-likeness (QED) is 0.902. The first-order chi connectivity index (χ1) is 10.2. The number of furan rings is 1. The van der Waals surface area contributed by atoms with Crippen LogP contribution in [-0.4, -0.2) is 38.2 Å². The average molecular weight is 291 g/mol. The van der Waals surface area contributed by atoms with Gasteiger partial charge in [-0.15, -0.1) is 0 Å². The molecule has 7 nitrogen and oxygen atoms in total. The van der Waals surface area contributed by atoms with E-state index < -0.39 is 11.5 Å². The van der Waals surface area contributed by atoms with Gasteiger partial charge < -0.3 is 14.0 Å². The number of nitrogens with zero attached hydrogens (tertiary/aromatic N) is 3. The van der Waals surface area contributed by atoms with E-state index in [0.717, 1.165) is 13.0 Å². The zero-order chi connectivity index (χ0) is 14.9. The summed E-state index contributed by atoms with van der Waals surface area (Å²) in [6, 6.07) is 3.50. The molecule has 1 aliphatic rings. The van der Waals surface area contributed by atoms with Gasteiger partial charge in [0, 0.05) is 0 Å². The van der Waals surface area contributed by atoms with Crippen LogP contribution in [0.3, 0.4) is 0 Å². The minimum absolute atomic E-state index is 0.341. The third-order valence-electron chi connectivity index (χ3n) is 4.14. The smallest absolute Gasteiger partial charge is 0.324 e. The summed E-state index contributed by atoms with van der Waals surface area (Å²) in [5, 5.41) is 13.4. The Morgan fingerprint density at radius 2 is 2.43 bits per heavy atom. The maximum atomic E-state index is 11.6. The van der Waals surface area contributed by atoms with Crippen LogP contribution in [0.4, 0.5) is 0 Å². The lowest BCUT2D eigenvalue weighted by molar-refractivity contribution is -0.150. The molecule has 1 saturated heterocycles. The highest BCUT2D eigenvalue weighted by Crippen LogP contribution is 2.34. The molecule has 2 aromatic heterocycles. The second kappa shape index (κ2) is 5.33. The number of hydrogen-bond donors (Lipinski definition) is 1. The van der Waals surface area contributed by atoms with Crippen LogP contribution in [0.2, 0.25) is 0 Å². The molecule has 1 N–H and O–H groups in total. The van der Waals surface area contributed by atoms with Gasteiger partial charge in [0.2, 0.25) is 11.7 Å². The number of carbonyl (C=O) groups is 1. The van der Waals surface area contributed by atoms with E-state index >= 15 is 0 Å². The molecule has 0 spiro atoms. The summed E-state index contributed by atoms with van der Waals surface area (Å²) >= 11 is 0. The zero-order valence-electron chi connectivity index (χ0n) is 11.8. The SMILES string of the molecule is CCC1(C(=O)O)CCCN1Cc1nc(-c2ccco2)no1. The fraction of sp³-hybridized carbons (Fsp3) is 0.500. The van der Waals surface area contributed by atoms with Crippen molar-refractivity contribution in [1.82, 2.24) is 15.0 Å². The first-order valence-corrected chi connectivity index (χ1v) is 7.00. The average Bonchev–Trinajstić information content (AvgIpc) is 3.19. The van der Waals surface area contributed by atoms with Crippen molar-refractivity contribution in [2.75, 3.05) is 6.54 Å². The fourth-order valence-corrected chi connectivity index (χ4v) is 2.95. The molecule has 1 aliphatic heterocycles. The summed E-state index contributed by atoms with van der Waals surface area (Å²) in [6.45, 7) is 2.96. The van der Waals surface area contributed by atoms with Crippen LogP contribution in [0, 0.1) is 0 Å². The van der Waals surface area contributed by atoms with E-state index in [9.17, 15) is 9.90 Å². The van der Waals surface area contributed by atoms with Crippen LogP contribution >= 0.6 is 0 Å². The number of hydrogen-bond acceptors (Lipinski definition) is 6. The largest absolute Gasteiger partial charge is 0.480 e. The predicted octanol–water partition coefficient (Wildman–Crippen LogP) is 2.16. The number of carboxylic acids is 1. The molecule has 0 bridgehead atoms. The third-order valence-corrected chi connectivity index (χ3v) is 4.14. The Morgan fingerprint density at radius 1 is 1.57 bits per heavy atom. The van der Waals surface area contributed by atoms with Gasteiger partial charge >= 0.3 is 5.97 Å². The van der Waals surface area contributed by atoms with Crippen molar-refractivity contribution in [3.63, 3.8) is 0 Å². The number of aromatic nitrogens is 2. The lowest BCUT2D eigenvalue weighted by Crippen LogP contribution is -2.49. The molecule has 3 heterocycles. The summed E-state index contributed by atoms with van der Waals surface area (Å²) in [6.07, 6.45) is 3.61. The number of likely N-dealkylation sites (tertiary alicyclic amines) is 1. The molecular weight excluding hydrogens is 274 g/mol. The minimum Gasteiger partial charge on any atom is -0.480 e. The molecule has 7 heteroatoms. The van der Waals surface area contributed by atoms with Crippen molar-refractivity contribution in [3.05, 3.63) is 24.3 Å². The molecular formula is C14H17N3O4. The molecule has 1 fully saturated rings. The molecule has 0 aliphatic carbocycles. The maximum Gasteiger partial charge on any atom is 0.324 e. The van der Waals surface area contributed by atoms with Crippen LogP contribution in [-0.2, 0) is 11.3 Å². The summed E-state index contributed by atoms with van der Waals surface area (Å²) < 4.78 is 10.4. The van der Waals surface area contributed by atoms with Crippen LogP contribution in [0.5, 0.6) is 0 Å². The third kappa shape index (κ3) is 2.33. The van der Waals surface area contributed by atoms with Gasteiger partial charge in [0.1, 0.15) is 5.54 Å². The molecule has 3 rings (SSSR count). The van der Waals surface area contributed by atoms with Gasteiger partial charge in [0.05, 0.1) is 12.8 Å². The van der Waals surface area contributed by atoms with Crippen molar-refractivity contribution < 1.29 is 18.8 Å². The molecule has 0 amide bonds. The monoisotopic (exact) mass is 291 g/mol.